The van der Waals surface area contributed by atoms with E-state index in [1.54, 1.807) is 36.4 Å². The van der Waals surface area contributed by atoms with Gasteiger partial charge < -0.3 is 14.6 Å². The summed E-state index contributed by atoms with van der Waals surface area (Å²) >= 11 is 7.19. The van der Waals surface area contributed by atoms with Gasteiger partial charge in [0.05, 0.1) is 18.4 Å². The molecule has 0 saturated carbocycles. The number of aromatic nitrogens is 3. The zero-order valence-corrected chi connectivity index (χ0v) is 16.8. The summed E-state index contributed by atoms with van der Waals surface area (Å²) in [5, 5.41) is 12.4. The molecule has 0 atom stereocenters. The van der Waals surface area contributed by atoms with Gasteiger partial charge in [-0.2, -0.15) is 0 Å². The number of methoxy groups -OCH3 is 1. The minimum absolute atomic E-state index is 0.172. The number of carbonyl (C=O) groups is 2. The van der Waals surface area contributed by atoms with Gasteiger partial charge in [-0.3, -0.25) is 4.79 Å². The Bertz CT molecular complexity index is 987. The van der Waals surface area contributed by atoms with E-state index in [0.717, 1.165) is 5.56 Å². The zero-order valence-electron chi connectivity index (χ0n) is 15.2. The second-order valence-corrected chi connectivity index (χ2v) is 7.16. The van der Waals surface area contributed by atoms with E-state index >= 15 is 0 Å². The topological polar surface area (TPSA) is 86.1 Å². The van der Waals surface area contributed by atoms with E-state index in [2.05, 4.69) is 20.3 Å². The Morgan fingerprint density at radius 3 is 2.43 bits per heavy atom. The SMILES string of the molecule is COC(=O)c1ccc(NC(=O)CSc2nnc(-c3ccc(Cl)cc3)n2C)cc1. The van der Waals surface area contributed by atoms with Gasteiger partial charge in [0.1, 0.15) is 0 Å². The first kappa shape index (κ1) is 19.9. The van der Waals surface area contributed by atoms with Crippen LogP contribution in [0.25, 0.3) is 11.4 Å². The average Bonchev–Trinajstić information content (AvgIpc) is 3.07. The van der Waals surface area contributed by atoms with Gasteiger partial charge in [0.2, 0.25) is 5.91 Å². The van der Waals surface area contributed by atoms with Crippen molar-refractivity contribution in [3.05, 3.63) is 59.1 Å². The molecule has 3 rings (SSSR count). The summed E-state index contributed by atoms with van der Waals surface area (Å²) in [5.41, 5.74) is 1.91. The van der Waals surface area contributed by atoms with Crippen LogP contribution in [-0.2, 0) is 16.6 Å². The fraction of sp³-hybridized carbons (Fsp3) is 0.158. The molecule has 28 heavy (non-hydrogen) atoms. The smallest absolute Gasteiger partial charge is 0.337 e. The maximum absolute atomic E-state index is 12.2. The van der Waals surface area contributed by atoms with Crippen molar-refractivity contribution in [1.29, 1.82) is 0 Å². The summed E-state index contributed by atoms with van der Waals surface area (Å²) < 4.78 is 6.47. The number of thioether (sulfide) groups is 1. The normalized spacial score (nSPS) is 10.5. The Kier molecular flexibility index (Phi) is 6.33. The molecule has 144 valence electrons. The predicted molar refractivity (Wildman–Crippen MR) is 109 cm³/mol. The van der Waals surface area contributed by atoms with Crippen molar-refractivity contribution in [3.63, 3.8) is 0 Å². The Labute approximate surface area is 171 Å². The molecule has 1 amide bonds. The molecule has 2 aromatic carbocycles. The summed E-state index contributed by atoms with van der Waals surface area (Å²) in [5.74, 6) is 0.253. The number of carbonyl (C=O) groups excluding carboxylic acids is 2. The first-order chi connectivity index (χ1) is 13.5. The fourth-order valence-corrected chi connectivity index (χ4v) is 3.26. The van der Waals surface area contributed by atoms with Crippen LogP contribution in [0.1, 0.15) is 10.4 Å². The molecule has 0 radical (unpaired) electrons. The van der Waals surface area contributed by atoms with Crippen molar-refractivity contribution in [3.8, 4) is 11.4 Å². The predicted octanol–water partition coefficient (Wildman–Crippen LogP) is 3.65. The second kappa shape index (κ2) is 8.90. The van der Waals surface area contributed by atoms with Gasteiger partial charge in [-0.25, -0.2) is 4.79 Å². The highest BCUT2D eigenvalue weighted by molar-refractivity contribution is 7.99. The van der Waals surface area contributed by atoms with E-state index in [9.17, 15) is 9.59 Å². The Morgan fingerprint density at radius 1 is 1.11 bits per heavy atom. The molecule has 0 fully saturated rings. The molecule has 1 heterocycles. The third-order valence-corrected chi connectivity index (χ3v) is 5.13. The fourth-order valence-electron chi connectivity index (χ4n) is 2.43. The summed E-state index contributed by atoms with van der Waals surface area (Å²) in [7, 11) is 3.16. The van der Waals surface area contributed by atoms with Gasteiger partial charge in [-0.05, 0) is 48.5 Å². The lowest BCUT2D eigenvalue weighted by atomic mass is 10.2. The third kappa shape index (κ3) is 4.71. The Hall–Kier alpha value is -2.84. The highest BCUT2D eigenvalue weighted by atomic mass is 35.5. The maximum atomic E-state index is 12.2. The number of nitrogens with one attached hydrogen (secondary N) is 1. The molecule has 0 spiro atoms. The van der Waals surface area contributed by atoms with Crippen LogP contribution in [0.5, 0.6) is 0 Å². The minimum Gasteiger partial charge on any atom is -0.465 e. The number of halogens is 1. The largest absolute Gasteiger partial charge is 0.465 e. The van der Waals surface area contributed by atoms with E-state index in [1.165, 1.54) is 18.9 Å². The number of hydrogen-bond acceptors (Lipinski definition) is 6. The van der Waals surface area contributed by atoms with Crippen molar-refractivity contribution >= 4 is 40.9 Å². The monoisotopic (exact) mass is 416 g/mol. The van der Waals surface area contributed by atoms with Crippen LogP contribution in [0.4, 0.5) is 5.69 Å². The summed E-state index contributed by atoms with van der Waals surface area (Å²) in [6, 6.07) is 13.8. The first-order valence-corrected chi connectivity index (χ1v) is 9.60. The van der Waals surface area contributed by atoms with Crippen LogP contribution in [0, 0.1) is 0 Å². The van der Waals surface area contributed by atoms with Gasteiger partial charge in [-0.1, -0.05) is 23.4 Å². The number of rotatable bonds is 6. The molecule has 3 aromatic rings. The molecule has 9 heteroatoms. The van der Waals surface area contributed by atoms with E-state index < -0.39 is 5.97 Å². The van der Waals surface area contributed by atoms with Crippen molar-refractivity contribution in [2.45, 2.75) is 5.16 Å². The highest BCUT2D eigenvalue weighted by Gasteiger charge is 2.13. The van der Waals surface area contributed by atoms with Gasteiger partial charge in [0, 0.05) is 23.3 Å². The van der Waals surface area contributed by atoms with Crippen LogP contribution in [0.2, 0.25) is 5.02 Å². The number of esters is 1. The van der Waals surface area contributed by atoms with Crippen LogP contribution in [0.15, 0.2) is 53.7 Å². The lowest BCUT2D eigenvalue weighted by molar-refractivity contribution is -0.113. The van der Waals surface area contributed by atoms with E-state index in [4.69, 9.17) is 11.6 Å². The molecular weight excluding hydrogens is 400 g/mol. The first-order valence-electron chi connectivity index (χ1n) is 8.24. The number of benzene rings is 2. The summed E-state index contributed by atoms with van der Waals surface area (Å²) in [4.78, 5) is 23.6. The number of hydrogen-bond donors (Lipinski definition) is 1. The van der Waals surface area contributed by atoms with E-state index in [1.807, 2.05) is 23.7 Å². The molecule has 0 bridgehead atoms. The van der Waals surface area contributed by atoms with E-state index in [0.29, 0.717) is 27.3 Å². The third-order valence-electron chi connectivity index (χ3n) is 3.86. The quantitative estimate of drug-likeness (QED) is 0.487. The number of ether oxygens (including phenoxy) is 1. The van der Waals surface area contributed by atoms with Crippen molar-refractivity contribution < 1.29 is 14.3 Å². The zero-order chi connectivity index (χ0) is 20.1. The van der Waals surface area contributed by atoms with Gasteiger partial charge in [0.15, 0.2) is 11.0 Å². The number of nitrogens with zero attached hydrogens (tertiary/aromatic N) is 3. The lowest BCUT2D eigenvalue weighted by Gasteiger charge is -2.06. The van der Waals surface area contributed by atoms with Crippen molar-refractivity contribution in [2.24, 2.45) is 7.05 Å². The van der Waals surface area contributed by atoms with Crippen molar-refractivity contribution in [1.82, 2.24) is 14.8 Å². The highest BCUT2D eigenvalue weighted by Crippen LogP contribution is 2.24. The molecule has 0 aliphatic rings. The second-order valence-electron chi connectivity index (χ2n) is 5.78. The molecule has 7 nitrogen and oxygen atoms in total. The van der Waals surface area contributed by atoms with Crippen LogP contribution < -0.4 is 5.32 Å². The molecular formula is C19H17ClN4O3S. The number of amides is 1. The van der Waals surface area contributed by atoms with Crippen LogP contribution in [-0.4, -0.2) is 39.5 Å². The van der Waals surface area contributed by atoms with Gasteiger partial charge >= 0.3 is 5.97 Å². The molecule has 1 aromatic heterocycles. The molecule has 0 aliphatic heterocycles. The Morgan fingerprint density at radius 2 is 1.79 bits per heavy atom. The summed E-state index contributed by atoms with van der Waals surface area (Å²) in [6.45, 7) is 0. The number of anilines is 1. The lowest BCUT2D eigenvalue weighted by Crippen LogP contribution is -2.14. The minimum atomic E-state index is -0.424. The average molecular weight is 417 g/mol. The maximum Gasteiger partial charge on any atom is 0.337 e. The van der Waals surface area contributed by atoms with Gasteiger partial charge in [-0.15, -0.1) is 10.2 Å². The standard InChI is InChI=1S/C19H17ClN4O3S/c1-24-17(12-3-7-14(20)8-4-12)22-23-19(24)28-11-16(25)21-15-9-5-13(6-10-15)18(26)27-2/h3-10H,11H2,1-2H3,(H,21,25). The summed E-state index contributed by atoms with van der Waals surface area (Å²) in [6.07, 6.45) is 0. The van der Waals surface area contributed by atoms with Gasteiger partial charge in [0.25, 0.3) is 0 Å². The molecule has 0 aliphatic carbocycles. The van der Waals surface area contributed by atoms with Crippen LogP contribution in [0.3, 0.4) is 0 Å². The van der Waals surface area contributed by atoms with E-state index in [-0.39, 0.29) is 11.7 Å². The molecule has 1 N–H and O–H groups in total. The molecule has 0 unspecified atom stereocenters. The van der Waals surface area contributed by atoms with Crippen molar-refractivity contribution in [2.75, 3.05) is 18.2 Å². The van der Waals surface area contributed by atoms with Crippen LogP contribution >= 0.6 is 23.4 Å². The molecule has 0 saturated heterocycles. The Balaban J connectivity index is 1.59.